The van der Waals surface area contributed by atoms with Gasteiger partial charge >= 0.3 is 0 Å². The van der Waals surface area contributed by atoms with Gasteiger partial charge in [0.05, 0.1) is 54.3 Å². The first-order chi connectivity index (χ1) is 22.9. The summed E-state index contributed by atoms with van der Waals surface area (Å²) in [5.74, 6) is -1.97. The van der Waals surface area contributed by atoms with Crippen LogP contribution in [0.4, 0.5) is 0 Å². The topological polar surface area (TPSA) is 164 Å². The van der Waals surface area contributed by atoms with Crippen LogP contribution in [-0.2, 0) is 28.7 Å². The molecule has 1 aromatic rings. The minimum absolute atomic E-state index is 0.0193. The average Bonchev–Trinajstić information content (AvgIpc) is 3.55. The molecule has 1 fully saturated rings. The van der Waals surface area contributed by atoms with E-state index in [1.54, 1.807) is 58.8 Å². The lowest BCUT2D eigenvalue weighted by Gasteiger charge is -2.41. The van der Waals surface area contributed by atoms with Crippen molar-refractivity contribution in [3.8, 4) is 0 Å². The summed E-state index contributed by atoms with van der Waals surface area (Å²) in [4.78, 5) is 57.6. The Balaban J connectivity index is 2.23. The molecule has 2 rings (SSSR count). The van der Waals surface area contributed by atoms with Crippen LogP contribution in [0.25, 0.3) is 0 Å². The maximum Gasteiger partial charge on any atom is 0.245 e. The Hall–Kier alpha value is -3.06. The third-order valence-corrected chi connectivity index (χ3v) is 10.0. The quantitative estimate of drug-likeness (QED) is 0.183. The summed E-state index contributed by atoms with van der Waals surface area (Å²) in [6.07, 6.45) is 0.0864. The molecule has 1 aromatic carbocycles. The second-order valence-corrected chi connectivity index (χ2v) is 14.7. The minimum atomic E-state index is -1.16. The largest absolute Gasteiger partial charge is 0.386 e. The van der Waals surface area contributed by atoms with Gasteiger partial charge in [-0.05, 0) is 51.0 Å². The first-order valence-corrected chi connectivity index (χ1v) is 17.7. The number of nitrogens with two attached hydrogens (primary N) is 1. The molecule has 5 N–H and O–H groups in total. The number of aliphatic hydroxyl groups is 1. The van der Waals surface area contributed by atoms with E-state index in [0.29, 0.717) is 18.5 Å². The maximum atomic E-state index is 14.1. The van der Waals surface area contributed by atoms with Crippen LogP contribution in [0.2, 0.25) is 0 Å². The molecule has 278 valence electrons. The highest BCUT2D eigenvalue weighted by molar-refractivity contribution is 5.91. The Kier molecular flexibility index (Phi) is 16.2. The van der Waals surface area contributed by atoms with E-state index in [9.17, 15) is 24.3 Å². The van der Waals surface area contributed by atoms with Crippen LogP contribution in [0.3, 0.4) is 0 Å². The van der Waals surface area contributed by atoms with E-state index in [1.807, 2.05) is 58.0 Å². The zero-order valence-electron chi connectivity index (χ0n) is 31.6. The van der Waals surface area contributed by atoms with Gasteiger partial charge < -0.3 is 40.7 Å². The van der Waals surface area contributed by atoms with Crippen molar-refractivity contribution >= 4 is 23.6 Å². The van der Waals surface area contributed by atoms with Crippen molar-refractivity contribution in [3.05, 3.63) is 35.9 Å². The molecule has 49 heavy (non-hydrogen) atoms. The predicted octanol–water partition coefficient (Wildman–Crippen LogP) is 3.02. The number of carbonyl (C=O) groups excluding carboxylic acids is 4. The number of rotatable bonds is 18. The Morgan fingerprint density at radius 3 is 2.16 bits per heavy atom. The van der Waals surface area contributed by atoms with Crippen molar-refractivity contribution < 1.29 is 33.8 Å². The third-order valence-electron chi connectivity index (χ3n) is 10.0. The number of carbonyl (C=O) groups is 4. The van der Waals surface area contributed by atoms with Gasteiger partial charge in [-0.3, -0.25) is 19.2 Å². The molecule has 12 heteroatoms. The molecular weight excluding hydrogens is 626 g/mol. The van der Waals surface area contributed by atoms with Crippen molar-refractivity contribution in [2.24, 2.45) is 23.5 Å². The fourth-order valence-electron chi connectivity index (χ4n) is 6.74. The number of methoxy groups -OCH3 is 2. The van der Waals surface area contributed by atoms with E-state index in [1.165, 1.54) is 0 Å². The molecule has 0 aliphatic carbocycles. The smallest absolute Gasteiger partial charge is 0.245 e. The average molecular weight is 690 g/mol. The fraction of sp³-hybridized carbons (Fsp3) is 0.730. The fourth-order valence-corrected chi connectivity index (χ4v) is 6.74. The van der Waals surface area contributed by atoms with Gasteiger partial charge in [0.1, 0.15) is 6.04 Å². The predicted molar refractivity (Wildman–Crippen MR) is 190 cm³/mol. The van der Waals surface area contributed by atoms with Crippen LogP contribution in [-0.4, -0.2) is 108 Å². The number of ether oxygens (including phenoxy) is 2. The Morgan fingerprint density at radius 1 is 1.04 bits per heavy atom. The van der Waals surface area contributed by atoms with Gasteiger partial charge in [-0.25, -0.2) is 0 Å². The lowest BCUT2D eigenvalue weighted by molar-refractivity contribution is -0.148. The van der Waals surface area contributed by atoms with Crippen molar-refractivity contribution in [1.82, 2.24) is 20.4 Å². The van der Waals surface area contributed by atoms with Crippen LogP contribution >= 0.6 is 0 Å². The number of amides is 4. The molecule has 0 aromatic heterocycles. The normalized spacial score (nSPS) is 20.0. The first kappa shape index (κ1) is 42.1. The van der Waals surface area contributed by atoms with Crippen LogP contribution in [0.1, 0.15) is 92.7 Å². The summed E-state index contributed by atoms with van der Waals surface area (Å²) in [6, 6.07) is 7.01. The molecule has 1 heterocycles. The van der Waals surface area contributed by atoms with Crippen LogP contribution in [0, 0.1) is 17.8 Å². The Morgan fingerprint density at radius 2 is 1.65 bits per heavy atom. The molecule has 0 bridgehead atoms. The molecule has 4 amide bonds. The van der Waals surface area contributed by atoms with Crippen LogP contribution in [0.15, 0.2) is 30.3 Å². The van der Waals surface area contributed by atoms with Crippen molar-refractivity contribution in [1.29, 1.82) is 0 Å². The van der Waals surface area contributed by atoms with E-state index in [0.717, 1.165) is 12.8 Å². The molecular formula is C37H63N5O7. The van der Waals surface area contributed by atoms with Crippen molar-refractivity contribution in [2.75, 3.05) is 27.8 Å². The van der Waals surface area contributed by atoms with E-state index in [2.05, 4.69) is 10.6 Å². The monoisotopic (exact) mass is 689 g/mol. The Labute approximate surface area is 293 Å². The Bertz CT molecular complexity index is 1220. The lowest BCUT2D eigenvalue weighted by Crippen LogP contribution is -2.60. The lowest BCUT2D eigenvalue weighted by atomic mass is 9.89. The number of likely N-dealkylation sites (tertiary alicyclic amines) is 1. The standard InChI is InChI=1S/C37H63N5O7/c1-12-23(4)31(41(9)35(46)30(22(2)3)40-36(47)37(7,8)38)28(48-10)21-29(43)42-20-16-19-27(42)33(49-11)24(5)34(45)39-25(6)32(44)26-17-14-13-15-18-26/h13-15,17-18,22-25,27-28,30-33,44H,12,16,19-21,38H2,1-11H3,(H,39,45)(H,40,47)/t23-,24+,25+,27-,28+,30-,31-,32+,33+/m0/s1. The molecule has 0 unspecified atom stereocenters. The van der Waals surface area contributed by atoms with Crippen molar-refractivity contribution in [2.45, 2.75) is 129 Å². The van der Waals surface area contributed by atoms with Gasteiger partial charge in [-0.15, -0.1) is 0 Å². The summed E-state index contributed by atoms with van der Waals surface area (Å²) >= 11 is 0. The number of nitrogens with zero attached hydrogens (tertiary/aromatic N) is 2. The number of likely N-dealkylation sites (N-methyl/N-ethyl adjacent to an activating group) is 1. The van der Waals surface area contributed by atoms with E-state index in [-0.39, 0.29) is 42.0 Å². The van der Waals surface area contributed by atoms with Gasteiger partial charge in [0.15, 0.2) is 0 Å². The number of hydrogen-bond acceptors (Lipinski definition) is 8. The van der Waals surface area contributed by atoms with E-state index >= 15 is 0 Å². The molecule has 0 radical (unpaired) electrons. The van der Waals surface area contributed by atoms with Crippen LogP contribution < -0.4 is 16.4 Å². The first-order valence-electron chi connectivity index (χ1n) is 17.7. The molecule has 12 nitrogen and oxygen atoms in total. The van der Waals surface area contributed by atoms with Gasteiger partial charge in [-0.2, -0.15) is 0 Å². The maximum absolute atomic E-state index is 14.1. The highest BCUT2D eigenvalue weighted by Gasteiger charge is 2.43. The zero-order valence-corrected chi connectivity index (χ0v) is 31.6. The molecule has 0 saturated carbocycles. The van der Waals surface area contributed by atoms with Crippen LogP contribution in [0.5, 0.6) is 0 Å². The molecule has 9 atom stereocenters. The molecule has 1 saturated heterocycles. The van der Waals surface area contributed by atoms with Crippen molar-refractivity contribution in [3.63, 3.8) is 0 Å². The summed E-state index contributed by atoms with van der Waals surface area (Å²) < 4.78 is 11.8. The summed E-state index contributed by atoms with van der Waals surface area (Å²) in [5, 5.41) is 16.6. The van der Waals surface area contributed by atoms with E-state index in [4.69, 9.17) is 15.2 Å². The van der Waals surface area contributed by atoms with E-state index < -0.39 is 53.8 Å². The van der Waals surface area contributed by atoms with Gasteiger partial charge in [0.2, 0.25) is 23.6 Å². The molecule has 1 aliphatic heterocycles. The SMILES string of the molecule is CC[C@H](C)[C@@H]([C@@H](CC(=O)N1CCC[C@H]1[C@H](OC)[C@@H](C)C(=O)N[C@H](C)[C@@H](O)c1ccccc1)OC)N(C)C(=O)[C@@H](NC(=O)C(C)(C)N)C(C)C. The second-order valence-electron chi connectivity index (χ2n) is 14.7. The van der Waals surface area contributed by atoms with Gasteiger partial charge in [-0.1, -0.05) is 71.4 Å². The van der Waals surface area contributed by atoms with Gasteiger partial charge in [0.25, 0.3) is 0 Å². The summed E-state index contributed by atoms with van der Waals surface area (Å²) in [6.45, 7) is 15.0. The minimum Gasteiger partial charge on any atom is -0.386 e. The number of nitrogens with one attached hydrogen (secondary N) is 2. The highest BCUT2D eigenvalue weighted by Crippen LogP contribution is 2.30. The number of hydrogen-bond donors (Lipinski definition) is 4. The second kappa shape index (κ2) is 18.8. The molecule has 0 spiro atoms. The number of aliphatic hydroxyl groups excluding tert-OH is 1. The third kappa shape index (κ3) is 11.0. The zero-order chi connectivity index (χ0) is 37.2. The summed E-state index contributed by atoms with van der Waals surface area (Å²) in [7, 11) is 4.78. The van der Waals surface area contributed by atoms with Gasteiger partial charge in [0, 0.05) is 27.8 Å². The summed E-state index contributed by atoms with van der Waals surface area (Å²) in [5.41, 5.74) is 5.56. The molecule has 1 aliphatic rings. The number of benzene rings is 1. The highest BCUT2D eigenvalue weighted by atomic mass is 16.5.